The Kier molecular flexibility index (Phi) is 6.11. The summed E-state index contributed by atoms with van der Waals surface area (Å²) >= 11 is 1.68. The molecule has 0 radical (unpaired) electrons. The van der Waals surface area contributed by atoms with E-state index >= 15 is 0 Å². The van der Waals surface area contributed by atoms with Gasteiger partial charge < -0.3 is 10.2 Å². The van der Waals surface area contributed by atoms with E-state index in [1.165, 1.54) is 4.62 Å². The fourth-order valence-electron chi connectivity index (χ4n) is 3.77. The Hall–Kier alpha value is -1.83. The lowest BCUT2D eigenvalue weighted by Crippen LogP contribution is -2.25. The third kappa shape index (κ3) is 4.43. The van der Waals surface area contributed by atoms with Crippen LogP contribution in [-0.2, 0) is 10.8 Å². The predicted molar refractivity (Wildman–Crippen MR) is 133 cm³/mol. The summed E-state index contributed by atoms with van der Waals surface area (Å²) in [6.45, 7) is 16.9. The van der Waals surface area contributed by atoms with Gasteiger partial charge in [0.25, 0.3) is 0 Å². The van der Waals surface area contributed by atoms with E-state index in [9.17, 15) is 10.2 Å². The molecule has 0 atom stereocenters. The molecule has 0 saturated heterocycles. The number of hydrogen-bond acceptors (Lipinski definition) is 3. The van der Waals surface area contributed by atoms with Crippen molar-refractivity contribution in [2.24, 2.45) is 0 Å². The molecule has 3 rings (SSSR count). The first kappa shape index (κ1) is 22.8. The lowest BCUT2D eigenvalue weighted by atomic mass is 9.85. The highest BCUT2D eigenvalue weighted by atomic mass is 32.1. The van der Waals surface area contributed by atoms with Gasteiger partial charge in [-0.2, -0.15) is 0 Å². The summed E-state index contributed by atoms with van der Waals surface area (Å²) in [4.78, 5) is 0. The van der Waals surface area contributed by atoms with E-state index in [1.54, 1.807) is 11.3 Å². The van der Waals surface area contributed by atoms with Crippen molar-refractivity contribution >= 4 is 34.5 Å². The summed E-state index contributed by atoms with van der Waals surface area (Å²) in [5.41, 5.74) is 3.80. The lowest BCUT2D eigenvalue weighted by molar-refractivity contribution is 0.450. The predicted octanol–water partition coefficient (Wildman–Crippen LogP) is 6.13. The molecule has 2 N–H and O–H groups in total. The number of benzene rings is 2. The first-order valence-corrected chi connectivity index (χ1v) is 12.5. The van der Waals surface area contributed by atoms with Crippen LogP contribution in [0.5, 0.6) is 11.5 Å². The minimum Gasteiger partial charge on any atom is -0.507 e. The maximum absolute atomic E-state index is 11.4. The van der Waals surface area contributed by atoms with Crippen molar-refractivity contribution in [2.45, 2.75) is 66.2 Å². The van der Waals surface area contributed by atoms with E-state index in [0.29, 0.717) is 11.5 Å². The molecular weight excluding hydrogens is 407 g/mol. The van der Waals surface area contributed by atoms with Gasteiger partial charge >= 0.3 is 0 Å². The van der Waals surface area contributed by atoms with Crippen molar-refractivity contribution in [2.75, 3.05) is 0 Å². The van der Waals surface area contributed by atoms with Gasteiger partial charge in [-0.05, 0) is 59.4 Å². The lowest BCUT2D eigenvalue weighted by Gasteiger charge is -2.28. The van der Waals surface area contributed by atoms with Crippen molar-refractivity contribution in [3.05, 3.63) is 64.0 Å². The number of phenolic OH excluding ortho intramolecular Hbond substituents is 2. The Labute approximate surface area is 186 Å². The maximum Gasteiger partial charge on any atom is 0.127 e. The Morgan fingerprint density at radius 3 is 1.50 bits per heavy atom. The van der Waals surface area contributed by atoms with Crippen LogP contribution in [0.4, 0.5) is 0 Å². The Balaban J connectivity index is 2.37. The van der Waals surface area contributed by atoms with Crippen LogP contribution in [0.25, 0.3) is 0 Å². The van der Waals surface area contributed by atoms with Crippen LogP contribution < -0.4 is 15.2 Å². The minimum absolute atomic E-state index is 0.174. The van der Waals surface area contributed by atoms with Gasteiger partial charge in [0.2, 0.25) is 0 Å². The topological polar surface area (TPSA) is 40.5 Å². The summed E-state index contributed by atoms with van der Waals surface area (Å²) in [6.07, 6.45) is 0. The number of rotatable bonds is 3. The minimum atomic E-state index is -1.09. The monoisotopic (exact) mass is 440 g/mol. The van der Waals surface area contributed by atoms with Crippen molar-refractivity contribution in [1.82, 2.24) is 0 Å². The largest absolute Gasteiger partial charge is 0.507 e. The summed E-state index contributed by atoms with van der Waals surface area (Å²) < 4.78 is 1.17. The normalized spacial score (nSPS) is 12.6. The molecule has 0 unspecified atom stereocenters. The third-order valence-corrected chi connectivity index (χ3v) is 9.06. The van der Waals surface area contributed by atoms with Crippen molar-refractivity contribution < 1.29 is 10.2 Å². The molecule has 0 bridgehead atoms. The molecule has 0 fully saturated rings. The number of hydrogen-bond donors (Lipinski definition) is 2. The Bertz CT molecular complexity index is 985. The second kappa shape index (κ2) is 8.02. The molecular formula is C26H33O2PS. The number of aromatic hydroxyl groups is 2. The fraction of sp³-hybridized carbons (Fsp3) is 0.385. The van der Waals surface area contributed by atoms with Crippen molar-refractivity contribution in [3.63, 3.8) is 0 Å². The zero-order chi connectivity index (χ0) is 22.4. The van der Waals surface area contributed by atoms with Crippen LogP contribution in [0.2, 0.25) is 0 Å². The zero-order valence-corrected chi connectivity index (χ0v) is 21.0. The van der Waals surface area contributed by atoms with E-state index in [4.69, 9.17) is 0 Å². The molecule has 0 spiro atoms. The third-order valence-electron chi connectivity index (χ3n) is 5.29. The highest BCUT2D eigenvalue weighted by Gasteiger charge is 2.30. The molecule has 160 valence electrons. The Morgan fingerprint density at radius 1 is 0.733 bits per heavy atom. The number of aryl methyl sites for hydroxylation is 2. The SMILES string of the molecule is Cc1cc(P(c2cccs2)c2cc(C)cc(C(C)(C)C)c2O)c(O)c(C(C)(C)C)c1. The van der Waals surface area contributed by atoms with E-state index in [-0.39, 0.29) is 10.8 Å². The molecule has 1 aromatic heterocycles. The molecule has 0 saturated carbocycles. The highest BCUT2D eigenvalue weighted by Crippen LogP contribution is 2.45. The van der Waals surface area contributed by atoms with E-state index in [1.807, 2.05) is 6.07 Å². The fourth-order valence-corrected chi connectivity index (χ4v) is 7.72. The Morgan fingerprint density at radius 2 is 1.17 bits per heavy atom. The van der Waals surface area contributed by atoms with Gasteiger partial charge in [-0.1, -0.05) is 59.7 Å². The maximum atomic E-state index is 11.4. The quantitative estimate of drug-likeness (QED) is 0.481. The van der Waals surface area contributed by atoms with Gasteiger partial charge in [0.1, 0.15) is 11.5 Å². The van der Waals surface area contributed by atoms with Crippen LogP contribution in [0, 0.1) is 13.8 Å². The zero-order valence-electron chi connectivity index (χ0n) is 19.3. The van der Waals surface area contributed by atoms with Gasteiger partial charge in [0, 0.05) is 34.3 Å². The standard InChI is InChI=1S/C26H33O2PS/c1-16-12-18(25(3,4)5)23(27)20(14-16)29(22-10-9-11-30-22)21-15-17(2)13-19(24(21)28)26(6,7)8/h9-15,27-28H,1-8H3. The van der Waals surface area contributed by atoms with E-state index < -0.39 is 7.92 Å². The van der Waals surface area contributed by atoms with Gasteiger partial charge in [0.05, 0.1) is 0 Å². The van der Waals surface area contributed by atoms with Crippen LogP contribution in [0.3, 0.4) is 0 Å². The molecule has 1 heterocycles. The molecule has 2 nitrogen and oxygen atoms in total. The molecule has 4 heteroatoms. The average Bonchev–Trinajstić information content (AvgIpc) is 3.12. The van der Waals surface area contributed by atoms with Gasteiger partial charge in [-0.3, -0.25) is 0 Å². The van der Waals surface area contributed by atoms with Crippen LogP contribution in [-0.4, -0.2) is 10.2 Å². The van der Waals surface area contributed by atoms with Crippen molar-refractivity contribution in [3.8, 4) is 11.5 Å². The second-order valence-corrected chi connectivity index (χ2v) is 13.5. The molecule has 0 aliphatic rings. The van der Waals surface area contributed by atoms with Gasteiger partial charge in [-0.15, -0.1) is 11.3 Å². The second-order valence-electron chi connectivity index (χ2n) is 10.1. The molecule has 30 heavy (non-hydrogen) atoms. The highest BCUT2D eigenvalue weighted by molar-refractivity contribution is 7.84. The molecule has 0 aliphatic carbocycles. The van der Waals surface area contributed by atoms with E-state index in [2.05, 4.69) is 91.1 Å². The molecule has 2 aromatic carbocycles. The number of thiophene rings is 1. The van der Waals surface area contributed by atoms with Crippen LogP contribution >= 0.6 is 19.3 Å². The average molecular weight is 441 g/mol. The first-order chi connectivity index (χ1) is 13.8. The smallest absolute Gasteiger partial charge is 0.127 e. The summed E-state index contributed by atoms with van der Waals surface area (Å²) in [5.74, 6) is 0.705. The molecule has 0 aliphatic heterocycles. The van der Waals surface area contributed by atoms with Crippen molar-refractivity contribution in [1.29, 1.82) is 0 Å². The molecule has 3 aromatic rings. The summed E-state index contributed by atoms with van der Waals surface area (Å²) in [6, 6.07) is 12.5. The van der Waals surface area contributed by atoms with Gasteiger partial charge in [0.15, 0.2) is 0 Å². The van der Waals surface area contributed by atoms with E-state index in [0.717, 1.165) is 32.9 Å². The first-order valence-electron chi connectivity index (χ1n) is 10.3. The van der Waals surface area contributed by atoms with Gasteiger partial charge in [-0.25, -0.2) is 0 Å². The number of phenols is 2. The summed E-state index contributed by atoms with van der Waals surface area (Å²) in [7, 11) is -1.09. The van der Waals surface area contributed by atoms with Crippen LogP contribution in [0.1, 0.15) is 63.8 Å². The van der Waals surface area contributed by atoms with Crippen LogP contribution in [0.15, 0.2) is 41.8 Å². The molecule has 0 amide bonds. The summed E-state index contributed by atoms with van der Waals surface area (Å²) in [5, 5.41) is 26.7.